The van der Waals surface area contributed by atoms with Crippen LogP contribution in [0.4, 0.5) is 0 Å². The van der Waals surface area contributed by atoms with Gasteiger partial charge in [0.1, 0.15) is 0 Å². The van der Waals surface area contributed by atoms with Gasteiger partial charge in [-0.05, 0) is 52.4 Å². The first-order valence-corrected chi connectivity index (χ1v) is 6.43. The minimum absolute atomic E-state index is 0.395. The third-order valence-corrected chi connectivity index (χ3v) is 2.83. The number of ether oxygens (including phenoxy) is 1. The molecule has 18 heavy (non-hydrogen) atoms. The van der Waals surface area contributed by atoms with Gasteiger partial charge in [0.05, 0.1) is 0 Å². The summed E-state index contributed by atoms with van der Waals surface area (Å²) in [6.07, 6.45) is 6.52. The maximum atomic E-state index is 11.5. The van der Waals surface area contributed by atoms with Crippen molar-refractivity contribution in [3.05, 3.63) is 64.0 Å². The number of esters is 1. The summed E-state index contributed by atoms with van der Waals surface area (Å²) in [6, 6.07) is 11.3. The van der Waals surface area contributed by atoms with Gasteiger partial charge in [-0.15, -0.1) is 0 Å². The van der Waals surface area contributed by atoms with Gasteiger partial charge in [0.15, 0.2) is 11.9 Å². The Bertz CT molecular complexity index is 567. The highest BCUT2D eigenvalue weighted by atomic mass is 127. The molecule has 2 aromatic rings. The molecule has 3 nitrogen and oxygen atoms in total. The van der Waals surface area contributed by atoms with Crippen LogP contribution in [0.3, 0.4) is 0 Å². The fraction of sp³-hybridized carbons (Fsp3) is 0. The molecule has 1 heterocycles. The van der Waals surface area contributed by atoms with Gasteiger partial charge in [0, 0.05) is 15.7 Å². The Morgan fingerprint density at radius 1 is 1.28 bits per heavy atom. The van der Waals surface area contributed by atoms with Crippen LogP contribution in [0.15, 0.2) is 54.9 Å². The lowest BCUT2D eigenvalue weighted by atomic mass is 10.2. The zero-order valence-electron chi connectivity index (χ0n) is 9.47. The number of halogens is 1. The second kappa shape index (κ2) is 6.30. The molecule has 1 N–H and O–H groups in total. The van der Waals surface area contributed by atoms with E-state index >= 15 is 0 Å². The summed E-state index contributed by atoms with van der Waals surface area (Å²) in [6.45, 7) is 0. The standard InChI is InChI=1S/C14H10INO2/c15-12-4-1-3-11(9-12)6-7-14(17)18-13-5-2-8-16-10-13/h1-10H/p+1. The Kier molecular flexibility index (Phi) is 4.46. The smallest absolute Gasteiger partial charge is 0.336 e. The van der Waals surface area contributed by atoms with E-state index in [1.807, 2.05) is 24.3 Å². The monoisotopic (exact) mass is 352 g/mol. The number of aromatic amines is 1. The predicted octanol–water partition coefficient (Wildman–Crippen LogP) is 2.72. The number of aromatic nitrogens is 1. The van der Waals surface area contributed by atoms with Crippen molar-refractivity contribution in [2.24, 2.45) is 0 Å². The first-order valence-electron chi connectivity index (χ1n) is 5.35. The first kappa shape index (κ1) is 12.8. The Morgan fingerprint density at radius 3 is 2.89 bits per heavy atom. The molecule has 0 amide bonds. The van der Waals surface area contributed by atoms with Crippen LogP contribution in [-0.4, -0.2) is 5.97 Å². The number of carbonyl (C=O) groups is 1. The van der Waals surface area contributed by atoms with Crippen molar-refractivity contribution in [2.75, 3.05) is 0 Å². The van der Waals surface area contributed by atoms with Crippen LogP contribution in [0, 0.1) is 3.57 Å². The largest absolute Gasteiger partial charge is 0.417 e. The van der Waals surface area contributed by atoms with Gasteiger partial charge in [0.25, 0.3) is 0 Å². The molecular formula is C14H11INO2+. The summed E-state index contributed by atoms with van der Waals surface area (Å²) in [4.78, 5) is 14.4. The van der Waals surface area contributed by atoms with Gasteiger partial charge >= 0.3 is 5.97 Å². The van der Waals surface area contributed by atoms with Gasteiger partial charge in [0.2, 0.25) is 6.20 Å². The number of pyridine rings is 1. The fourth-order valence-corrected chi connectivity index (χ4v) is 1.93. The molecule has 0 aliphatic heterocycles. The molecule has 1 aromatic heterocycles. The lowest BCUT2D eigenvalue weighted by Crippen LogP contribution is -2.07. The minimum Gasteiger partial charge on any atom is -0.417 e. The number of hydrogen-bond acceptors (Lipinski definition) is 2. The second-order valence-corrected chi connectivity index (χ2v) is 4.79. The van der Waals surface area contributed by atoms with Gasteiger partial charge in [-0.25, -0.2) is 9.78 Å². The highest BCUT2D eigenvalue weighted by Gasteiger charge is 2.01. The van der Waals surface area contributed by atoms with Gasteiger partial charge in [-0.3, -0.25) is 0 Å². The molecule has 0 bridgehead atoms. The molecular weight excluding hydrogens is 341 g/mol. The Balaban J connectivity index is 1.99. The molecule has 0 fully saturated rings. The molecule has 0 atom stereocenters. The lowest BCUT2D eigenvalue weighted by Gasteiger charge is -1.97. The molecule has 0 spiro atoms. The van der Waals surface area contributed by atoms with E-state index < -0.39 is 5.97 Å². The van der Waals surface area contributed by atoms with Crippen molar-refractivity contribution in [2.45, 2.75) is 0 Å². The summed E-state index contributed by atoms with van der Waals surface area (Å²) in [7, 11) is 0. The molecule has 4 heteroatoms. The Hall–Kier alpha value is -1.69. The van der Waals surface area contributed by atoms with Crippen LogP contribution < -0.4 is 9.72 Å². The van der Waals surface area contributed by atoms with Crippen molar-refractivity contribution >= 4 is 34.6 Å². The summed E-state index contributed by atoms with van der Waals surface area (Å²) >= 11 is 2.23. The van der Waals surface area contributed by atoms with Crippen LogP contribution in [0.2, 0.25) is 0 Å². The molecule has 0 saturated carbocycles. The van der Waals surface area contributed by atoms with Crippen LogP contribution in [-0.2, 0) is 4.79 Å². The maximum Gasteiger partial charge on any atom is 0.336 e. The van der Waals surface area contributed by atoms with E-state index in [1.165, 1.54) is 6.08 Å². The van der Waals surface area contributed by atoms with Crippen molar-refractivity contribution in [1.29, 1.82) is 0 Å². The quantitative estimate of drug-likeness (QED) is 0.484. The first-order chi connectivity index (χ1) is 8.74. The van der Waals surface area contributed by atoms with Gasteiger partial charge in [-0.1, -0.05) is 12.1 Å². The van der Waals surface area contributed by atoms with Crippen molar-refractivity contribution in [3.8, 4) is 5.75 Å². The SMILES string of the molecule is O=C(C=Cc1cccc(I)c1)Oc1ccc[nH+]c1. The maximum absolute atomic E-state index is 11.5. The summed E-state index contributed by atoms with van der Waals surface area (Å²) in [5, 5.41) is 0. The topological polar surface area (TPSA) is 40.4 Å². The lowest BCUT2D eigenvalue weighted by molar-refractivity contribution is -0.378. The Labute approximate surface area is 119 Å². The predicted molar refractivity (Wildman–Crippen MR) is 76.8 cm³/mol. The van der Waals surface area contributed by atoms with E-state index in [0.29, 0.717) is 5.75 Å². The zero-order chi connectivity index (χ0) is 12.8. The zero-order valence-corrected chi connectivity index (χ0v) is 11.6. The molecule has 0 unspecified atom stereocenters. The number of nitrogens with one attached hydrogen (secondary N) is 1. The van der Waals surface area contributed by atoms with E-state index in [-0.39, 0.29) is 0 Å². The molecule has 0 saturated heterocycles. The number of carbonyl (C=O) groups excluding carboxylic acids is 1. The molecule has 2 rings (SSSR count). The summed E-state index contributed by atoms with van der Waals surface area (Å²) in [5.41, 5.74) is 0.971. The number of rotatable bonds is 3. The normalized spacial score (nSPS) is 10.5. The average molecular weight is 352 g/mol. The number of H-pyrrole nitrogens is 1. The summed E-state index contributed by atoms with van der Waals surface area (Å²) < 4.78 is 6.23. The molecule has 0 aliphatic carbocycles. The minimum atomic E-state index is -0.395. The van der Waals surface area contributed by atoms with Crippen LogP contribution >= 0.6 is 22.6 Å². The van der Waals surface area contributed by atoms with Crippen LogP contribution in [0.5, 0.6) is 5.75 Å². The highest BCUT2D eigenvalue weighted by molar-refractivity contribution is 14.1. The van der Waals surface area contributed by atoms with E-state index in [4.69, 9.17) is 4.74 Å². The molecule has 1 aromatic carbocycles. The Morgan fingerprint density at radius 2 is 2.17 bits per heavy atom. The van der Waals surface area contributed by atoms with Crippen molar-refractivity contribution in [1.82, 2.24) is 0 Å². The van der Waals surface area contributed by atoms with Crippen molar-refractivity contribution < 1.29 is 14.5 Å². The molecule has 0 aliphatic rings. The second-order valence-electron chi connectivity index (χ2n) is 3.55. The highest BCUT2D eigenvalue weighted by Crippen LogP contribution is 2.10. The van der Waals surface area contributed by atoms with Crippen LogP contribution in [0.1, 0.15) is 5.56 Å². The van der Waals surface area contributed by atoms with E-state index in [2.05, 4.69) is 27.6 Å². The molecule has 0 radical (unpaired) electrons. The summed E-state index contributed by atoms with van der Waals surface area (Å²) in [5.74, 6) is 0.100. The third-order valence-electron chi connectivity index (χ3n) is 2.16. The fourth-order valence-electron chi connectivity index (χ4n) is 1.37. The number of hydrogen-bond donors (Lipinski definition) is 0. The van der Waals surface area contributed by atoms with Gasteiger partial charge < -0.3 is 4.74 Å². The van der Waals surface area contributed by atoms with Gasteiger partial charge in [-0.2, -0.15) is 0 Å². The third kappa shape index (κ3) is 3.96. The molecule has 90 valence electrons. The number of benzene rings is 1. The van der Waals surface area contributed by atoms with Crippen molar-refractivity contribution in [3.63, 3.8) is 0 Å². The van der Waals surface area contributed by atoms with E-state index in [9.17, 15) is 4.79 Å². The van der Waals surface area contributed by atoms with Crippen LogP contribution in [0.25, 0.3) is 6.08 Å². The van der Waals surface area contributed by atoms with E-state index in [1.54, 1.807) is 30.6 Å². The van der Waals surface area contributed by atoms with E-state index in [0.717, 1.165) is 9.13 Å². The average Bonchev–Trinajstić information content (AvgIpc) is 2.38.